The summed E-state index contributed by atoms with van der Waals surface area (Å²) >= 11 is 1.65. The van der Waals surface area contributed by atoms with Crippen LogP contribution in [0.25, 0.3) is 0 Å². The molecule has 0 spiro atoms. The molecule has 1 rings (SSSR count). The van der Waals surface area contributed by atoms with Gasteiger partial charge in [-0.25, -0.2) is 0 Å². The van der Waals surface area contributed by atoms with E-state index in [-0.39, 0.29) is 23.9 Å². The van der Waals surface area contributed by atoms with Crippen LogP contribution in [0, 0.1) is 6.92 Å². The van der Waals surface area contributed by atoms with Crippen LogP contribution in [0.2, 0.25) is 0 Å². The van der Waals surface area contributed by atoms with Gasteiger partial charge in [-0.05, 0) is 33.1 Å². The fourth-order valence-electron chi connectivity index (χ4n) is 2.05. The van der Waals surface area contributed by atoms with E-state index in [1.165, 1.54) is 0 Å². The first-order valence-electron chi connectivity index (χ1n) is 6.18. The molecule has 0 heterocycles. The highest BCUT2D eigenvalue weighted by molar-refractivity contribution is 7.99. The number of aliphatic hydroxyl groups is 1. The van der Waals surface area contributed by atoms with E-state index < -0.39 is 0 Å². The summed E-state index contributed by atoms with van der Waals surface area (Å²) in [6.07, 6.45) is 1.99. The van der Waals surface area contributed by atoms with Crippen LogP contribution in [0.4, 0.5) is 0 Å². The van der Waals surface area contributed by atoms with Crippen LogP contribution in [-0.2, 0) is 0 Å². The van der Waals surface area contributed by atoms with Crippen LogP contribution in [0.15, 0.2) is 18.2 Å². The lowest BCUT2D eigenvalue weighted by molar-refractivity contribution is 0.271. The number of aryl methyl sites for hydroxylation is 1. The number of nitrogens with one attached hydrogen (secondary N) is 1. The molecule has 0 bridgehead atoms. The number of rotatable bonds is 6. The molecule has 0 saturated carbocycles. The van der Waals surface area contributed by atoms with Crippen molar-refractivity contribution in [2.24, 2.45) is 0 Å². The highest BCUT2D eigenvalue weighted by Crippen LogP contribution is 2.26. The lowest BCUT2D eigenvalue weighted by atomic mass is 10.0. The molecule has 18 heavy (non-hydrogen) atoms. The van der Waals surface area contributed by atoms with E-state index in [0.29, 0.717) is 5.75 Å². The Morgan fingerprint density at radius 2 is 2.00 bits per heavy atom. The maximum absolute atomic E-state index is 9.88. The van der Waals surface area contributed by atoms with E-state index in [1.807, 2.05) is 32.2 Å². The molecule has 0 aliphatic rings. The molecule has 0 fully saturated rings. The van der Waals surface area contributed by atoms with Crippen molar-refractivity contribution in [1.82, 2.24) is 5.32 Å². The number of benzene rings is 1. The first-order valence-corrected chi connectivity index (χ1v) is 7.47. The Bertz CT molecular complexity index is 380. The van der Waals surface area contributed by atoms with Gasteiger partial charge in [0.1, 0.15) is 5.75 Å². The van der Waals surface area contributed by atoms with Gasteiger partial charge in [-0.2, -0.15) is 11.8 Å². The van der Waals surface area contributed by atoms with Crippen LogP contribution >= 0.6 is 11.8 Å². The van der Waals surface area contributed by atoms with Crippen LogP contribution in [0.3, 0.4) is 0 Å². The molecule has 1 aromatic carbocycles. The number of aromatic hydroxyl groups is 1. The second-order valence-electron chi connectivity index (χ2n) is 4.70. The Balaban J connectivity index is 2.75. The van der Waals surface area contributed by atoms with Gasteiger partial charge in [-0.3, -0.25) is 0 Å². The van der Waals surface area contributed by atoms with Crippen molar-refractivity contribution >= 4 is 11.8 Å². The van der Waals surface area contributed by atoms with Gasteiger partial charge in [0.25, 0.3) is 0 Å². The van der Waals surface area contributed by atoms with Crippen molar-refractivity contribution in [3.05, 3.63) is 29.3 Å². The van der Waals surface area contributed by atoms with Gasteiger partial charge in [-0.15, -0.1) is 0 Å². The van der Waals surface area contributed by atoms with Gasteiger partial charge < -0.3 is 15.5 Å². The third kappa shape index (κ3) is 3.90. The minimum Gasteiger partial charge on any atom is -0.508 e. The predicted molar refractivity (Wildman–Crippen MR) is 78.2 cm³/mol. The zero-order valence-corrected chi connectivity index (χ0v) is 12.3. The fraction of sp³-hybridized carbons (Fsp3) is 0.571. The Hall–Kier alpha value is -0.710. The van der Waals surface area contributed by atoms with Crippen molar-refractivity contribution in [1.29, 1.82) is 0 Å². The van der Waals surface area contributed by atoms with Crippen molar-refractivity contribution in [2.75, 3.05) is 12.9 Å². The fourth-order valence-corrected chi connectivity index (χ4v) is 2.68. The lowest BCUT2D eigenvalue weighted by Gasteiger charge is -2.26. The smallest absolute Gasteiger partial charge is 0.120 e. The molecule has 0 saturated heterocycles. The minimum atomic E-state index is 0.0566. The number of aliphatic hydroxyl groups excluding tert-OH is 1. The van der Waals surface area contributed by atoms with Gasteiger partial charge in [0.15, 0.2) is 0 Å². The molecule has 3 unspecified atom stereocenters. The zero-order chi connectivity index (χ0) is 13.7. The summed E-state index contributed by atoms with van der Waals surface area (Å²) in [6, 6.07) is 5.85. The van der Waals surface area contributed by atoms with Gasteiger partial charge in [0.05, 0.1) is 6.61 Å². The van der Waals surface area contributed by atoms with Crippen LogP contribution in [-0.4, -0.2) is 34.4 Å². The Morgan fingerprint density at radius 1 is 1.33 bits per heavy atom. The van der Waals surface area contributed by atoms with Crippen LogP contribution in [0.1, 0.15) is 31.0 Å². The first-order chi connectivity index (χ1) is 8.49. The van der Waals surface area contributed by atoms with Crippen molar-refractivity contribution in [2.45, 2.75) is 38.1 Å². The summed E-state index contributed by atoms with van der Waals surface area (Å²) in [6.45, 7) is 6.25. The molecule has 4 heteroatoms. The maximum atomic E-state index is 9.88. The van der Waals surface area contributed by atoms with E-state index in [9.17, 15) is 10.2 Å². The number of hydrogen-bond donors (Lipinski definition) is 3. The SMILES string of the molecule is CSC(CO)C(C)NC(C)c1cc(C)ccc1O. The van der Waals surface area contributed by atoms with Gasteiger partial charge >= 0.3 is 0 Å². The zero-order valence-electron chi connectivity index (χ0n) is 11.5. The van der Waals surface area contributed by atoms with Gasteiger partial charge in [-0.1, -0.05) is 17.7 Å². The van der Waals surface area contributed by atoms with E-state index in [4.69, 9.17) is 0 Å². The quantitative estimate of drug-likeness (QED) is 0.742. The number of phenols is 1. The largest absolute Gasteiger partial charge is 0.508 e. The molecule has 0 aromatic heterocycles. The van der Waals surface area contributed by atoms with Crippen molar-refractivity contribution in [3.63, 3.8) is 0 Å². The van der Waals surface area contributed by atoms with Crippen molar-refractivity contribution < 1.29 is 10.2 Å². The maximum Gasteiger partial charge on any atom is 0.120 e. The Morgan fingerprint density at radius 3 is 2.56 bits per heavy atom. The van der Waals surface area contributed by atoms with E-state index in [2.05, 4.69) is 12.2 Å². The van der Waals surface area contributed by atoms with Gasteiger partial charge in [0.2, 0.25) is 0 Å². The monoisotopic (exact) mass is 269 g/mol. The summed E-state index contributed by atoms with van der Waals surface area (Å²) in [5.41, 5.74) is 2.03. The number of phenolic OH excluding ortho intramolecular Hbond substituents is 1. The molecular weight excluding hydrogens is 246 g/mol. The molecule has 0 aliphatic heterocycles. The Labute approximate surface area is 114 Å². The second-order valence-corrected chi connectivity index (χ2v) is 5.77. The molecule has 3 atom stereocenters. The summed E-state index contributed by atoms with van der Waals surface area (Å²) in [7, 11) is 0. The summed E-state index contributed by atoms with van der Waals surface area (Å²) in [5.74, 6) is 0.317. The van der Waals surface area contributed by atoms with Crippen molar-refractivity contribution in [3.8, 4) is 5.75 Å². The van der Waals surface area contributed by atoms with Crippen LogP contribution < -0.4 is 5.32 Å². The summed E-state index contributed by atoms with van der Waals surface area (Å²) in [4.78, 5) is 0. The molecule has 1 aromatic rings. The van der Waals surface area contributed by atoms with Crippen LogP contribution in [0.5, 0.6) is 5.75 Å². The van der Waals surface area contributed by atoms with E-state index >= 15 is 0 Å². The standard InChI is InChI=1S/C14H23NO2S/c1-9-5-6-13(17)12(7-9)10(2)15-11(3)14(8-16)18-4/h5-7,10-11,14-17H,8H2,1-4H3. The summed E-state index contributed by atoms with van der Waals surface area (Å²) < 4.78 is 0. The molecule has 0 amide bonds. The number of thioether (sulfide) groups is 1. The Kier molecular flexibility index (Phi) is 5.99. The lowest BCUT2D eigenvalue weighted by Crippen LogP contribution is -2.38. The summed E-state index contributed by atoms with van der Waals surface area (Å²) in [5, 5.41) is 22.7. The normalized spacial score (nSPS) is 16.3. The minimum absolute atomic E-state index is 0.0566. The number of hydrogen-bond acceptors (Lipinski definition) is 4. The molecule has 0 radical (unpaired) electrons. The average Bonchev–Trinajstić information content (AvgIpc) is 2.33. The third-order valence-electron chi connectivity index (χ3n) is 3.20. The molecule has 102 valence electrons. The van der Waals surface area contributed by atoms with E-state index in [1.54, 1.807) is 17.8 Å². The topological polar surface area (TPSA) is 52.5 Å². The highest BCUT2D eigenvalue weighted by Gasteiger charge is 2.19. The third-order valence-corrected chi connectivity index (χ3v) is 4.37. The molecular formula is C14H23NO2S. The molecule has 3 nitrogen and oxygen atoms in total. The molecule has 0 aliphatic carbocycles. The second kappa shape index (κ2) is 7.02. The average molecular weight is 269 g/mol. The predicted octanol–water partition coefficient (Wildman–Crippen LogP) is 2.46. The van der Waals surface area contributed by atoms with E-state index in [0.717, 1.165) is 11.1 Å². The highest BCUT2D eigenvalue weighted by atomic mass is 32.2. The van der Waals surface area contributed by atoms with Gasteiger partial charge in [0, 0.05) is 22.9 Å². The molecule has 3 N–H and O–H groups in total. The first kappa shape index (κ1) is 15.3.